The van der Waals surface area contributed by atoms with Crippen molar-refractivity contribution in [3.63, 3.8) is 0 Å². The third-order valence-corrected chi connectivity index (χ3v) is 3.77. The quantitative estimate of drug-likeness (QED) is 0.722. The van der Waals surface area contributed by atoms with E-state index >= 15 is 0 Å². The zero-order chi connectivity index (χ0) is 18.7. The topological polar surface area (TPSA) is 99.0 Å². The average molecular weight is 353 g/mol. The van der Waals surface area contributed by atoms with Crippen molar-refractivity contribution in [3.8, 4) is 0 Å². The number of esters is 2. The molecule has 2 heterocycles. The molecule has 132 valence electrons. The molecular weight excluding hydrogens is 338 g/mol. The molecule has 1 N–H and O–H groups in total. The second-order valence-electron chi connectivity index (χ2n) is 5.34. The van der Waals surface area contributed by atoms with Crippen molar-refractivity contribution < 1.29 is 23.9 Å². The van der Waals surface area contributed by atoms with Crippen LogP contribution in [0.25, 0.3) is 5.52 Å². The van der Waals surface area contributed by atoms with E-state index in [0.29, 0.717) is 5.56 Å². The van der Waals surface area contributed by atoms with Crippen LogP contribution in [0.2, 0.25) is 0 Å². The Bertz CT molecular complexity index is 1010. The fraction of sp³-hybridized carbons (Fsp3) is 0.111. The third-order valence-electron chi connectivity index (χ3n) is 3.77. The van der Waals surface area contributed by atoms with E-state index in [9.17, 15) is 14.4 Å². The Kier molecular flexibility index (Phi) is 4.66. The van der Waals surface area contributed by atoms with Gasteiger partial charge in [-0.05, 0) is 30.3 Å². The lowest BCUT2D eigenvalue weighted by atomic mass is 10.1. The maximum Gasteiger partial charge on any atom is 0.339 e. The molecule has 0 saturated carbocycles. The van der Waals surface area contributed by atoms with Gasteiger partial charge in [-0.1, -0.05) is 0 Å². The first-order valence-electron chi connectivity index (χ1n) is 7.57. The first-order chi connectivity index (χ1) is 12.5. The largest absolute Gasteiger partial charge is 0.465 e. The number of imidazole rings is 1. The predicted octanol–water partition coefficient (Wildman–Crippen LogP) is 2.16. The smallest absolute Gasteiger partial charge is 0.339 e. The van der Waals surface area contributed by atoms with E-state index < -0.39 is 17.8 Å². The molecule has 8 heteroatoms. The maximum absolute atomic E-state index is 12.6. The molecule has 0 aliphatic carbocycles. The van der Waals surface area contributed by atoms with Gasteiger partial charge in [0.2, 0.25) is 0 Å². The Balaban J connectivity index is 1.96. The fourth-order valence-electron chi connectivity index (χ4n) is 2.44. The summed E-state index contributed by atoms with van der Waals surface area (Å²) in [6.07, 6.45) is 4.93. The van der Waals surface area contributed by atoms with Gasteiger partial charge in [0.25, 0.3) is 5.91 Å². The average Bonchev–Trinajstić information content (AvgIpc) is 3.14. The minimum absolute atomic E-state index is 0.124. The van der Waals surface area contributed by atoms with Crippen LogP contribution >= 0.6 is 0 Å². The third kappa shape index (κ3) is 3.25. The molecule has 0 aliphatic heterocycles. The fourth-order valence-corrected chi connectivity index (χ4v) is 2.44. The first kappa shape index (κ1) is 17.2. The molecule has 0 radical (unpaired) electrons. The van der Waals surface area contributed by atoms with Gasteiger partial charge in [0.05, 0.1) is 49.1 Å². The minimum atomic E-state index is -0.636. The molecule has 3 aromatic rings. The van der Waals surface area contributed by atoms with E-state index in [1.165, 1.54) is 32.4 Å². The number of nitrogens with one attached hydrogen (secondary N) is 1. The van der Waals surface area contributed by atoms with Gasteiger partial charge in [-0.2, -0.15) is 0 Å². The van der Waals surface area contributed by atoms with Crippen molar-refractivity contribution in [2.45, 2.75) is 0 Å². The summed E-state index contributed by atoms with van der Waals surface area (Å²) >= 11 is 0. The highest BCUT2D eigenvalue weighted by atomic mass is 16.5. The van der Waals surface area contributed by atoms with E-state index in [2.05, 4.69) is 15.0 Å². The van der Waals surface area contributed by atoms with Crippen molar-refractivity contribution in [1.29, 1.82) is 0 Å². The Hall–Kier alpha value is -3.68. The van der Waals surface area contributed by atoms with Crippen LogP contribution in [0.4, 0.5) is 5.69 Å². The molecule has 2 aromatic heterocycles. The summed E-state index contributed by atoms with van der Waals surface area (Å²) in [5.74, 6) is -1.67. The molecule has 1 amide bonds. The van der Waals surface area contributed by atoms with Crippen molar-refractivity contribution >= 4 is 29.0 Å². The highest BCUT2D eigenvalue weighted by molar-refractivity contribution is 6.09. The van der Waals surface area contributed by atoms with Crippen LogP contribution in [-0.2, 0) is 9.47 Å². The predicted molar refractivity (Wildman–Crippen MR) is 92.3 cm³/mol. The monoisotopic (exact) mass is 353 g/mol. The van der Waals surface area contributed by atoms with Crippen LogP contribution in [0.3, 0.4) is 0 Å². The highest BCUT2D eigenvalue weighted by Crippen LogP contribution is 2.21. The Morgan fingerprint density at radius 2 is 1.77 bits per heavy atom. The van der Waals surface area contributed by atoms with Crippen molar-refractivity contribution in [1.82, 2.24) is 9.38 Å². The summed E-state index contributed by atoms with van der Waals surface area (Å²) in [7, 11) is 2.48. The second kappa shape index (κ2) is 7.06. The van der Waals surface area contributed by atoms with E-state index in [4.69, 9.17) is 4.74 Å². The lowest BCUT2D eigenvalue weighted by molar-refractivity contribution is 0.0587. The Morgan fingerprint density at radius 3 is 2.50 bits per heavy atom. The lowest BCUT2D eigenvalue weighted by Gasteiger charge is -2.11. The van der Waals surface area contributed by atoms with E-state index in [0.717, 1.165) is 5.52 Å². The number of pyridine rings is 1. The van der Waals surface area contributed by atoms with Crippen molar-refractivity contribution in [3.05, 3.63) is 65.7 Å². The molecule has 3 rings (SSSR count). The number of ether oxygens (including phenoxy) is 2. The summed E-state index contributed by atoms with van der Waals surface area (Å²) in [4.78, 5) is 40.2. The number of carbonyl (C=O) groups is 3. The van der Waals surface area contributed by atoms with Crippen LogP contribution in [0.5, 0.6) is 0 Å². The summed E-state index contributed by atoms with van der Waals surface area (Å²) < 4.78 is 11.1. The molecule has 8 nitrogen and oxygen atoms in total. The first-order valence-corrected chi connectivity index (χ1v) is 7.57. The molecular formula is C18H15N3O5. The number of carbonyl (C=O) groups excluding carboxylic acids is 3. The molecule has 1 aromatic carbocycles. The summed E-state index contributed by atoms with van der Waals surface area (Å²) in [5, 5.41) is 2.64. The normalized spacial score (nSPS) is 10.4. The number of methoxy groups -OCH3 is 2. The Labute approximate surface area is 148 Å². The van der Waals surface area contributed by atoms with Gasteiger partial charge in [0.1, 0.15) is 0 Å². The molecule has 0 bridgehead atoms. The maximum atomic E-state index is 12.6. The van der Waals surface area contributed by atoms with E-state index in [1.807, 2.05) is 0 Å². The number of nitrogens with zero attached hydrogens (tertiary/aromatic N) is 2. The standard InChI is InChI=1S/C18H15N3O5/c1-25-17(23)12-3-4-14(18(24)26-2)15(8-12)20-16(22)11-5-6-21-10-19-9-13(21)7-11/h3-10H,1-2H3,(H,20,22). The van der Waals surface area contributed by atoms with Crippen LogP contribution in [0, 0.1) is 0 Å². The number of aromatic nitrogens is 2. The van der Waals surface area contributed by atoms with Crippen molar-refractivity contribution in [2.75, 3.05) is 19.5 Å². The molecule has 0 unspecified atom stereocenters. The summed E-state index contributed by atoms with van der Waals surface area (Å²) in [6.45, 7) is 0. The molecule has 0 fully saturated rings. The van der Waals surface area contributed by atoms with E-state index in [1.54, 1.807) is 35.3 Å². The molecule has 0 spiro atoms. The minimum Gasteiger partial charge on any atom is -0.465 e. The van der Waals surface area contributed by atoms with Crippen LogP contribution in [0.1, 0.15) is 31.1 Å². The van der Waals surface area contributed by atoms with Crippen LogP contribution < -0.4 is 5.32 Å². The molecule has 0 atom stereocenters. The second-order valence-corrected chi connectivity index (χ2v) is 5.34. The zero-order valence-corrected chi connectivity index (χ0v) is 14.1. The van der Waals surface area contributed by atoms with Crippen LogP contribution in [-0.4, -0.2) is 41.5 Å². The Morgan fingerprint density at radius 1 is 1.00 bits per heavy atom. The number of hydrogen-bond donors (Lipinski definition) is 1. The molecule has 0 aliphatic rings. The zero-order valence-electron chi connectivity index (χ0n) is 14.1. The SMILES string of the molecule is COC(=O)c1ccc(C(=O)OC)c(NC(=O)c2ccn3cncc3c2)c1. The van der Waals surface area contributed by atoms with Gasteiger partial charge in [-0.3, -0.25) is 4.79 Å². The number of benzene rings is 1. The molecule has 26 heavy (non-hydrogen) atoms. The summed E-state index contributed by atoms with van der Waals surface area (Å²) in [5.41, 5.74) is 1.59. The van der Waals surface area contributed by atoms with Gasteiger partial charge in [-0.15, -0.1) is 0 Å². The molecule has 0 saturated heterocycles. The van der Waals surface area contributed by atoms with Gasteiger partial charge in [0, 0.05) is 11.8 Å². The number of hydrogen-bond acceptors (Lipinski definition) is 6. The highest BCUT2D eigenvalue weighted by Gasteiger charge is 2.18. The summed E-state index contributed by atoms with van der Waals surface area (Å²) in [6, 6.07) is 7.46. The van der Waals surface area contributed by atoms with Gasteiger partial charge >= 0.3 is 11.9 Å². The number of rotatable bonds is 4. The van der Waals surface area contributed by atoms with Gasteiger partial charge < -0.3 is 19.2 Å². The number of amides is 1. The van der Waals surface area contributed by atoms with Gasteiger partial charge in [-0.25, -0.2) is 14.6 Å². The van der Waals surface area contributed by atoms with Crippen molar-refractivity contribution in [2.24, 2.45) is 0 Å². The van der Waals surface area contributed by atoms with E-state index in [-0.39, 0.29) is 16.8 Å². The lowest BCUT2D eigenvalue weighted by Crippen LogP contribution is -2.16. The van der Waals surface area contributed by atoms with Gasteiger partial charge in [0.15, 0.2) is 0 Å². The number of fused-ring (bicyclic) bond motifs is 1. The number of anilines is 1. The van der Waals surface area contributed by atoms with Crippen LogP contribution in [0.15, 0.2) is 49.1 Å².